The van der Waals surface area contributed by atoms with E-state index in [-0.39, 0.29) is 12.6 Å². The molecule has 1 aliphatic heterocycles. The predicted molar refractivity (Wildman–Crippen MR) is 59.0 cm³/mol. The first-order valence-corrected chi connectivity index (χ1v) is 5.35. The molecule has 2 unspecified atom stereocenters. The highest BCUT2D eigenvalue weighted by Gasteiger charge is 2.25. The van der Waals surface area contributed by atoms with E-state index in [2.05, 4.69) is 13.0 Å². The topological polar surface area (TPSA) is 55.5 Å². The average molecular weight is 207 g/mol. The van der Waals surface area contributed by atoms with Crippen LogP contribution >= 0.6 is 0 Å². The van der Waals surface area contributed by atoms with Crippen LogP contribution in [-0.2, 0) is 6.42 Å². The second kappa shape index (κ2) is 4.21. The smallest absolute Gasteiger partial charge is 0.126 e. The summed E-state index contributed by atoms with van der Waals surface area (Å²) in [5, 5.41) is 9.61. The molecule has 0 saturated heterocycles. The van der Waals surface area contributed by atoms with Crippen LogP contribution in [0.15, 0.2) is 18.2 Å². The lowest BCUT2D eigenvalue weighted by Crippen LogP contribution is -2.39. The van der Waals surface area contributed by atoms with Crippen molar-refractivity contribution in [3.8, 4) is 5.75 Å². The summed E-state index contributed by atoms with van der Waals surface area (Å²) in [5.74, 6) is 0.893. The SMILES string of the molecule is Cc1ccc2c(c1)CCC(C(O)CN)O2. The molecule has 3 nitrogen and oxygen atoms in total. The third-order valence-corrected chi connectivity index (χ3v) is 2.86. The van der Waals surface area contributed by atoms with Gasteiger partial charge in [-0.05, 0) is 31.4 Å². The zero-order chi connectivity index (χ0) is 10.8. The summed E-state index contributed by atoms with van der Waals surface area (Å²) in [6, 6.07) is 6.14. The Kier molecular flexibility index (Phi) is 2.93. The maximum absolute atomic E-state index is 9.61. The standard InChI is InChI=1S/C12H17NO2/c1-8-2-4-11-9(6-8)3-5-12(15-11)10(14)7-13/h2,4,6,10,12,14H,3,5,7,13H2,1H3. The van der Waals surface area contributed by atoms with E-state index in [1.807, 2.05) is 12.1 Å². The van der Waals surface area contributed by atoms with Gasteiger partial charge < -0.3 is 15.6 Å². The first-order chi connectivity index (χ1) is 7.20. The third kappa shape index (κ3) is 2.13. The first-order valence-electron chi connectivity index (χ1n) is 5.35. The Morgan fingerprint density at radius 2 is 2.40 bits per heavy atom. The molecule has 3 heteroatoms. The lowest BCUT2D eigenvalue weighted by atomic mass is 9.98. The molecule has 0 amide bonds. The van der Waals surface area contributed by atoms with E-state index in [4.69, 9.17) is 10.5 Å². The molecule has 15 heavy (non-hydrogen) atoms. The summed E-state index contributed by atoms with van der Waals surface area (Å²) in [6.07, 6.45) is 1.10. The molecule has 0 spiro atoms. The van der Waals surface area contributed by atoms with Crippen LogP contribution in [0.4, 0.5) is 0 Å². The molecule has 0 fully saturated rings. The van der Waals surface area contributed by atoms with Crippen LogP contribution in [0.3, 0.4) is 0 Å². The van der Waals surface area contributed by atoms with Crippen molar-refractivity contribution in [2.75, 3.05) is 6.54 Å². The highest BCUT2D eigenvalue weighted by Crippen LogP contribution is 2.29. The van der Waals surface area contributed by atoms with Crippen LogP contribution in [0.5, 0.6) is 5.75 Å². The van der Waals surface area contributed by atoms with E-state index >= 15 is 0 Å². The molecule has 1 aliphatic rings. The van der Waals surface area contributed by atoms with Crippen molar-refractivity contribution in [1.29, 1.82) is 0 Å². The molecule has 2 rings (SSSR count). The van der Waals surface area contributed by atoms with Crippen molar-refractivity contribution < 1.29 is 9.84 Å². The normalized spacial score (nSPS) is 21.7. The Labute approximate surface area is 89.9 Å². The lowest BCUT2D eigenvalue weighted by Gasteiger charge is -2.29. The van der Waals surface area contributed by atoms with Gasteiger partial charge in [0.15, 0.2) is 0 Å². The number of aliphatic hydroxyl groups excluding tert-OH is 1. The van der Waals surface area contributed by atoms with Gasteiger partial charge >= 0.3 is 0 Å². The Morgan fingerprint density at radius 3 is 3.13 bits per heavy atom. The summed E-state index contributed by atoms with van der Waals surface area (Å²) in [6.45, 7) is 2.33. The fraction of sp³-hybridized carbons (Fsp3) is 0.500. The highest BCUT2D eigenvalue weighted by atomic mass is 16.5. The fourth-order valence-electron chi connectivity index (χ4n) is 1.96. The molecular formula is C12H17NO2. The minimum Gasteiger partial charge on any atom is -0.487 e. The number of hydrogen-bond acceptors (Lipinski definition) is 3. The molecule has 0 radical (unpaired) electrons. The van der Waals surface area contributed by atoms with Crippen LogP contribution < -0.4 is 10.5 Å². The molecule has 0 saturated carbocycles. The van der Waals surface area contributed by atoms with E-state index < -0.39 is 6.10 Å². The molecule has 1 aromatic carbocycles. The molecule has 1 aromatic rings. The third-order valence-electron chi connectivity index (χ3n) is 2.86. The molecule has 3 N–H and O–H groups in total. The number of rotatable bonds is 2. The highest BCUT2D eigenvalue weighted by molar-refractivity contribution is 5.38. The van der Waals surface area contributed by atoms with Crippen molar-refractivity contribution in [2.45, 2.75) is 32.0 Å². The number of aryl methyl sites for hydroxylation is 2. The molecule has 1 heterocycles. The number of fused-ring (bicyclic) bond motifs is 1. The molecule has 0 bridgehead atoms. The van der Waals surface area contributed by atoms with E-state index in [0.717, 1.165) is 18.6 Å². The van der Waals surface area contributed by atoms with Gasteiger partial charge in [0.05, 0.1) is 0 Å². The predicted octanol–water partition coefficient (Wildman–Crippen LogP) is 1.01. The number of ether oxygens (including phenoxy) is 1. The quantitative estimate of drug-likeness (QED) is 0.761. The van der Waals surface area contributed by atoms with Gasteiger partial charge in [-0.2, -0.15) is 0 Å². The monoisotopic (exact) mass is 207 g/mol. The molecule has 82 valence electrons. The van der Waals surface area contributed by atoms with Crippen LogP contribution in [-0.4, -0.2) is 23.9 Å². The Morgan fingerprint density at radius 1 is 1.60 bits per heavy atom. The van der Waals surface area contributed by atoms with Gasteiger partial charge in [0.2, 0.25) is 0 Å². The number of hydrogen-bond donors (Lipinski definition) is 2. The van der Waals surface area contributed by atoms with Gasteiger partial charge in [-0.1, -0.05) is 17.7 Å². The van der Waals surface area contributed by atoms with E-state index in [9.17, 15) is 5.11 Å². The van der Waals surface area contributed by atoms with Crippen LogP contribution in [0.2, 0.25) is 0 Å². The maximum Gasteiger partial charge on any atom is 0.126 e. The van der Waals surface area contributed by atoms with Crippen molar-refractivity contribution in [1.82, 2.24) is 0 Å². The fourth-order valence-corrected chi connectivity index (χ4v) is 1.96. The summed E-state index contributed by atoms with van der Waals surface area (Å²) in [4.78, 5) is 0. The van der Waals surface area contributed by atoms with Crippen molar-refractivity contribution in [3.05, 3.63) is 29.3 Å². The van der Waals surface area contributed by atoms with Gasteiger partial charge in [-0.3, -0.25) is 0 Å². The second-order valence-corrected chi connectivity index (χ2v) is 4.11. The summed E-state index contributed by atoms with van der Waals surface area (Å²) < 4.78 is 5.71. The number of nitrogens with two attached hydrogens (primary N) is 1. The Bertz CT molecular complexity index is 351. The van der Waals surface area contributed by atoms with E-state index in [1.54, 1.807) is 0 Å². The Hall–Kier alpha value is -1.06. The van der Waals surface area contributed by atoms with E-state index in [0.29, 0.717) is 0 Å². The largest absolute Gasteiger partial charge is 0.487 e. The molecular weight excluding hydrogens is 190 g/mol. The lowest BCUT2D eigenvalue weighted by molar-refractivity contribution is 0.0296. The van der Waals surface area contributed by atoms with Gasteiger partial charge in [0, 0.05) is 6.54 Å². The molecule has 2 atom stereocenters. The second-order valence-electron chi connectivity index (χ2n) is 4.11. The minimum atomic E-state index is -0.556. The zero-order valence-corrected chi connectivity index (χ0v) is 8.94. The summed E-state index contributed by atoms with van der Waals surface area (Å²) in [7, 11) is 0. The van der Waals surface area contributed by atoms with Crippen LogP contribution in [0.25, 0.3) is 0 Å². The Balaban J connectivity index is 2.16. The molecule has 0 aromatic heterocycles. The zero-order valence-electron chi connectivity index (χ0n) is 8.94. The van der Waals surface area contributed by atoms with Crippen molar-refractivity contribution >= 4 is 0 Å². The number of benzene rings is 1. The first kappa shape index (κ1) is 10.5. The van der Waals surface area contributed by atoms with Crippen molar-refractivity contribution in [2.24, 2.45) is 5.73 Å². The van der Waals surface area contributed by atoms with Gasteiger partial charge in [-0.25, -0.2) is 0 Å². The van der Waals surface area contributed by atoms with Crippen LogP contribution in [0, 0.1) is 6.92 Å². The van der Waals surface area contributed by atoms with Crippen molar-refractivity contribution in [3.63, 3.8) is 0 Å². The van der Waals surface area contributed by atoms with Crippen LogP contribution in [0.1, 0.15) is 17.5 Å². The number of aliphatic hydroxyl groups is 1. The minimum absolute atomic E-state index is 0.148. The maximum atomic E-state index is 9.61. The molecule has 0 aliphatic carbocycles. The van der Waals surface area contributed by atoms with Gasteiger partial charge in [-0.15, -0.1) is 0 Å². The summed E-state index contributed by atoms with van der Waals surface area (Å²) in [5.41, 5.74) is 7.89. The van der Waals surface area contributed by atoms with Gasteiger partial charge in [0.25, 0.3) is 0 Å². The average Bonchev–Trinajstić information content (AvgIpc) is 2.27. The van der Waals surface area contributed by atoms with E-state index in [1.165, 1.54) is 11.1 Å². The summed E-state index contributed by atoms with van der Waals surface area (Å²) >= 11 is 0. The van der Waals surface area contributed by atoms with Gasteiger partial charge in [0.1, 0.15) is 18.0 Å².